The van der Waals surface area contributed by atoms with Crippen LogP contribution in [0, 0.1) is 13.8 Å². The molecule has 0 aliphatic carbocycles. The van der Waals surface area contributed by atoms with Gasteiger partial charge in [-0.05, 0) is 56.7 Å². The van der Waals surface area contributed by atoms with Crippen molar-refractivity contribution in [2.24, 2.45) is 0 Å². The van der Waals surface area contributed by atoms with Crippen molar-refractivity contribution in [2.75, 3.05) is 31.5 Å². The van der Waals surface area contributed by atoms with Crippen LogP contribution in [0.3, 0.4) is 0 Å². The first-order valence-electron chi connectivity index (χ1n) is 12.2. The lowest BCUT2D eigenvalue weighted by atomic mass is 10.1. The Labute approximate surface area is 212 Å². The van der Waals surface area contributed by atoms with Crippen molar-refractivity contribution in [1.82, 2.24) is 19.2 Å². The van der Waals surface area contributed by atoms with E-state index in [-0.39, 0.29) is 6.04 Å². The summed E-state index contributed by atoms with van der Waals surface area (Å²) in [5.74, 6) is 1.50. The maximum atomic E-state index is 13.1. The largest absolute Gasteiger partial charge is 0.339 e. The van der Waals surface area contributed by atoms with Gasteiger partial charge in [0.15, 0.2) is 0 Å². The predicted molar refractivity (Wildman–Crippen MR) is 144 cm³/mol. The van der Waals surface area contributed by atoms with Crippen LogP contribution in [-0.4, -0.2) is 53.8 Å². The molecule has 0 bridgehead atoms. The number of anilines is 2. The molecule has 1 saturated heterocycles. The standard InChI is InChI=1S/C28H31N5O2S/c1-20-12-14-23(15-13-20)36(34,35)33-18-16-32(17-19-33)22(3)27-30-26-11-7-5-9-24(26)28(31-27)29-25-10-6-4-8-21(25)2/h4-15,22H,16-19H2,1-3H3,(H,29,30,31). The van der Waals surface area contributed by atoms with Gasteiger partial charge in [0.2, 0.25) is 10.0 Å². The smallest absolute Gasteiger partial charge is 0.243 e. The summed E-state index contributed by atoms with van der Waals surface area (Å²) in [7, 11) is -3.50. The van der Waals surface area contributed by atoms with Gasteiger partial charge in [-0.25, -0.2) is 18.4 Å². The molecule has 186 valence electrons. The van der Waals surface area contributed by atoms with Crippen LogP contribution in [0.2, 0.25) is 0 Å². The molecule has 1 N–H and O–H groups in total. The number of hydrogen-bond donors (Lipinski definition) is 1. The SMILES string of the molecule is Cc1ccc(S(=O)(=O)N2CCN(C(C)c3nc(Nc4ccccc4C)c4ccccc4n3)CC2)cc1. The van der Waals surface area contributed by atoms with E-state index in [4.69, 9.17) is 9.97 Å². The van der Waals surface area contributed by atoms with Gasteiger partial charge in [-0.15, -0.1) is 0 Å². The summed E-state index contributed by atoms with van der Waals surface area (Å²) in [4.78, 5) is 12.4. The maximum Gasteiger partial charge on any atom is 0.243 e. The number of fused-ring (bicyclic) bond motifs is 1. The zero-order valence-electron chi connectivity index (χ0n) is 20.8. The minimum Gasteiger partial charge on any atom is -0.339 e. The third kappa shape index (κ3) is 4.84. The van der Waals surface area contributed by atoms with Crippen molar-refractivity contribution >= 4 is 32.4 Å². The summed E-state index contributed by atoms with van der Waals surface area (Å²) in [6.45, 7) is 8.20. The lowest BCUT2D eigenvalue weighted by molar-refractivity contribution is 0.141. The van der Waals surface area contributed by atoms with Crippen molar-refractivity contribution in [1.29, 1.82) is 0 Å². The van der Waals surface area contributed by atoms with E-state index in [1.54, 1.807) is 16.4 Å². The van der Waals surface area contributed by atoms with Crippen LogP contribution in [0.4, 0.5) is 11.5 Å². The molecular formula is C28H31N5O2S. The minimum atomic E-state index is -3.50. The van der Waals surface area contributed by atoms with Gasteiger partial charge in [0.1, 0.15) is 11.6 Å². The van der Waals surface area contributed by atoms with E-state index < -0.39 is 10.0 Å². The van der Waals surface area contributed by atoms with Gasteiger partial charge in [0, 0.05) is 37.3 Å². The molecule has 0 radical (unpaired) electrons. The summed E-state index contributed by atoms with van der Waals surface area (Å²) in [6, 6.07) is 23.1. The third-order valence-corrected chi connectivity index (χ3v) is 8.78. The van der Waals surface area contributed by atoms with Crippen LogP contribution in [0.25, 0.3) is 10.9 Å². The highest BCUT2D eigenvalue weighted by atomic mass is 32.2. The molecule has 1 aliphatic rings. The number of nitrogens with zero attached hydrogens (tertiary/aromatic N) is 4. The number of aryl methyl sites for hydroxylation is 2. The molecule has 3 aromatic carbocycles. The average Bonchev–Trinajstić information content (AvgIpc) is 2.90. The molecular weight excluding hydrogens is 470 g/mol. The fourth-order valence-electron chi connectivity index (χ4n) is 4.57. The van der Waals surface area contributed by atoms with E-state index in [0.29, 0.717) is 31.1 Å². The van der Waals surface area contributed by atoms with Gasteiger partial charge in [-0.1, -0.05) is 48.0 Å². The minimum absolute atomic E-state index is 0.0590. The Balaban J connectivity index is 1.37. The van der Waals surface area contributed by atoms with Gasteiger partial charge in [-0.3, -0.25) is 4.90 Å². The molecule has 0 amide bonds. The Morgan fingerprint density at radius 1 is 0.833 bits per heavy atom. The highest BCUT2D eigenvalue weighted by Crippen LogP contribution is 2.29. The zero-order valence-corrected chi connectivity index (χ0v) is 21.7. The number of aromatic nitrogens is 2. The first kappa shape index (κ1) is 24.4. The number of benzene rings is 3. The summed E-state index contributed by atoms with van der Waals surface area (Å²) >= 11 is 0. The van der Waals surface area contributed by atoms with Gasteiger partial charge in [0.05, 0.1) is 16.5 Å². The number of nitrogens with one attached hydrogen (secondary N) is 1. The molecule has 0 spiro atoms. The van der Waals surface area contributed by atoms with Crippen molar-refractivity contribution < 1.29 is 8.42 Å². The summed E-state index contributed by atoms with van der Waals surface area (Å²) in [6.07, 6.45) is 0. The monoisotopic (exact) mass is 501 g/mol. The molecule has 2 heterocycles. The Hall–Kier alpha value is -3.33. The molecule has 5 rings (SSSR count). The molecule has 7 nitrogen and oxygen atoms in total. The summed E-state index contributed by atoms with van der Waals surface area (Å²) in [5.41, 5.74) is 4.07. The van der Waals surface area contributed by atoms with Crippen LogP contribution >= 0.6 is 0 Å². The second-order valence-electron chi connectivity index (χ2n) is 9.32. The molecule has 1 unspecified atom stereocenters. The van der Waals surface area contributed by atoms with E-state index in [9.17, 15) is 8.42 Å². The maximum absolute atomic E-state index is 13.1. The average molecular weight is 502 g/mol. The highest BCUT2D eigenvalue weighted by Gasteiger charge is 2.31. The van der Waals surface area contributed by atoms with E-state index in [1.807, 2.05) is 61.5 Å². The molecule has 1 aromatic heterocycles. The Morgan fingerprint density at radius 3 is 2.22 bits per heavy atom. The van der Waals surface area contributed by atoms with E-state index in [2.05, 4.69) is 30.1 Å². The molecule has 4 aromatic rings. The number of rotatable bonds is 6. The first-order valence-corrected chi connectivity index (χ1v) is 13.7. The second kappa shape index (κ2) is 9.97. The van der Waals surface area contributed by atoms with Crippen LogP contribution in [-0.2, 0) is 10.0 Å². The van der Waals surface area contributed by atoms with Crippen molar-refractivity contribution in [3.05, 3.63) is 89.7 Å². The lowest BCUT2D eigenvalue weighted by Crippen LogP contribution is -2.49. The first-order chi connectivity index (χ1) is 17.3. The highest BCUT2D eigenvalue weighted by molar-refractivity contribution is 7.89. The van der Waals surface area contributed by atoms with Crippen molar-refractivity contribution in [3.8, 4) is 0 Å². The topological polar surface area (TPSA) is 78.4 Å². The Morgan fingerprint density at radius 2 is 1.50 bits per heavy atom. The fraction of sp³-hybridized carbons (Fsp3) is 0.286. The Kier molecular flexibility index (Phi) is 6.75. The molecule has 36 heavy (non-hydrogen) atoms. The number of hydrogen-bond acceptors (Lipinski definition) is 6. The molecule has 1 fully saturated rings. The summed E-state index contributed by atoms with van der Waals surface area (Å²) in [5, 5.41) is 4.47. The van der Waals surface area contributed by atoms with E-state index in [0.717, 1.165) is 39.4 Å². The van der Waals surface area contributed by atoms with Gasteiger partial charge in [0.25, 0.3) is 0 Å². The quantitative estimate of drug-likeness (QED) is 0.398. The van der Waals surface area contributed by atoms with Crippen molar-refractivity contribution in [3.63, 3.8) is 0 Å². The van der Waals surface area contributed by atoms with E-state index in [1.165, 1.54) is 0 Å². The van der Waals surface area contributed by atoms with Crippen LogP contribution in [0.1, 0.15) is 29.9 Å². The summed E-state index contributed by atoms with van der Waals surface area (Å²) < 4.78 is 27.8. The van der Waals surface area contributed by atoms with Crippen LogP contribution < -0.4 is 5.32 Å². The normalized spacial score (nSPS) is 16.2. The predicted octanol–water partition coefficient (Wildman–Crippen LogP) is 5.06. The van der Waals surface area contributed by atoms with E-state index >= 15 is 0 Å². The molecule has 0 saturated carbocycles. The number of sulfonamides is 1. The number of piperazine rings is 1. The third-order valence-electron chi connectivity index (χ3n) is 6.87. The van der Waals surface area contributed by atoms with Crippen LogP contribution in [0.5, 0.6) is 0 Å². The van der Waals surface area contributed by atoms with Gasteiger partial charge in [-0.2, -0.15) is 4.31 Å². The van der Waals surface area contributed by atoms with Gasteiger partial charge >= 0.3 is 0 Å². The Bertz CT molecular complexity index is 1480. The van der Waals surface area contributed by atoms with Crippen molar-refractivity contribution in [2.45, 2.75) is 31.7 Å². The van der Waals surface area contributed by atoms with Crippen LogP contribution in [0.15, 0.2) is 77.7 Å². The van der Waals surface area contributed by atoms with Gasteiger partial charge < -0.3 is 5.32 Å². The molecule has 1 aliphatic heterocycles. The second-order valence-corrected chi connectivity index (χ2v) is 11.3. The lowest BCUT2D eigenvalue weighted by Gasteiger charge is -2.36. The fourth-order valence-corrected chi connectivity index (χ4v) is 5.99. The molecule has 8 heteroatoms. The zero-order chi connectivity index (χ0) is 25.3. The number of para-hydroxylation sites is 2. The molecule has 1 atom stereocenters.